The summed E-state index contributed by atoms with van der Waals surface area (Å²) >= 11 is 0. The van der Waals surface area contributed by atoms with Gasteiger partial charge in [-0.05, 0) is 102 Å². The van der Waals surface area contributed by atoms with Gasteiger partial charge in [0.1, 0.15) is 17.0 Å². The number of unbranched alkanes of at least 4 members (excludes halogenated alkanes) is 1. The van der Waals surface area contributed by atoms with Crippen molar-refractivity contribution in [3.63, 3.8) is 0 Å². The van der Waals surface area contributed by atoms with Gasteiger partial charge in [0, 0.05) is 30.0 Å². The molecule has 2 unspecified atom stereocenters. The van der Waals surface area contributed by atoms with Crippen molar-refractivity contribution in [2.24, 2.45) is 0 Å². The predicted octanol–water partition coefficient (Wildman–Crippen LogP) is 10.1. The van der Waals surface area contributed by atoms with Gasteiger partial charge in [-0.2, -0.15) is 5.06 Å². The molecule has 2 fully saturated rings. The van der Waals surface area contributed by atoms with Crippen molar-refractivity contribution in [2.45, 2.75) is 95.5 Å². The first-order valence-electron chi connectivity index (χ1n) is 22.4. The van der Waals surface area contributed by atoms with E-state index in [0.29, 0.717) is 23.8 Å². The number of nitrogens with zero attached hydrogens (tertiary/aromatic N) is 7. The zero-order valence-electron chi connectivity index (χ0n) is 36.5. The molecule has 8 aromatic rings. The van der Waals surface area contributed by atoms with Gasteiger partial charge in [0.2, 0.25) is 0 Å². The summed E-state index contributed by atoms with van der Waals surface area (Å²) in [6, 6.07) is 54.7. The maximum absolute atomic E-state index is 14.6. The second kappa shape index (κ2) is 17.8. The Morgan fingerprint density at radius 1 is 0.750 bits per heavy atom. The molecule has 0 spiro atoms. The van der Waals surface area contributed by atoms with Gasteiger partial charge in [-0.25, -0.2) is 9.67 Å². The molecule has 64 heavy (non-hydrogen) atoms. The van der Waals surface area contributed by atoms with Crippen molar-refractivity contribution in [3.8, 4) is 22.5 Å². The van der Waals surface area contributed by atoms with Crippen LogP contribution in [-0.2, 0) is 28.9 Å². The summed E-state index contributed by atoms with van der Waals surface area (Å²) in [7, 11) is 0. The molecular weight excluding hydrogens is 802 g/mol. The third kappa shape index (κ3) is 7.67. The molecule has 2 aromatic heterocycles. The number of benzene rings is 6. The van der Waals surface area contributed by atoms with Crippen molar-refractivity contribution >= 4 is 40.5 Å². The van der Waals surface area contributed by atoms with E-state index in [1.54, 1.807) is 0 Å². The number of hydrogen-bond donors (Lipinski definition) is 0. The number of hydrogen-bond acceptors (Lipinski definition) is 7. The van der Waals surface area contributed by atoms with Gasteiger partial charge in [0.25, 0.3) is 5.56 Å². The van der Waals surface area contributed by atoms with Crippen LogP contribution in [0.4, 0.5) is 0 Å². The summed E-state index contributed by atoms with van der Waals surface area (Å²) in [6.45, 7) is 9.26. The molecule has 2 atom stereocenters. The Morgan fingerprint density at radius 2 is 1.36 bits per heavy atom. The third-order valence-corrected chi connectivity index (χ3v) is 13.5. The number of aryl methyl sites for hydroxylation is 1. The average Bonchev–Trinajstić information content (AvgIpc) is 4.03. The molecule has 9 nitrogen and oxygen atoms in total. The van der Waals surface area contributed by atoms with Gasteiger partial charge >= 0.3 is 29.6 Å². The number of tetrazole rings is 1. The maximum atomic E-state index is 14.6. The van der Waals surface area contributed by atoms with E-state index < -0.39 is 11.1 Å². The first-order chi connectivity index (χ1) is 30.7. The van der Waals surface area contributed by atoms with Crippen LogP contribution in [0.1, 0.15) is 93.4 Å². The van der Waals surface area contributed by atoms with E-state index in [2.05, 4.69) is 159 Å². The van der Waals surface area contributed by atoms with Crippen molar-refractivity contribution in [1.82, 2.24) is 34.8 Å². The molecule has 2 aliphatic rings. The summed E-state index contributed by atoms with van der Waals surface area (Å²) in [6.07, 6.45) is 5.82. The van der Waals surface area contributed by atoms with E-state index in [0.717, 1.165) is 94.4 Å². The van der Waals surface area contributed by atoms with E-state index in [1.807, 2.05) is 45.6 Å². The predicted molar refractivity (Wildman–Crippen MR) is 256 cm³/mol. The molecule has 2 saturated heterocycles. The number of fused-ring (bicyclic) bond motifs is 2. The fourth-order valence-electron chi connectivity index (χ4n) is 10.2. The quantitative estimate of drug-likeness (QED) is 0.0893. The molecule has 318 valence electrons. The van der Waals surface area contributed by atoms with Crippen LogP contribution in [0.3, 0.4) is 0 Å². The van der Waals surface area contributed by atoms with Crippen LogP contribution in [-0.4, -0.2) is 76.0 Å². The van der Waals surface area contributed by atoms with Gasteiger partial charge in [-0.3, -0.25) is 14.2 Å². The molecule has 6 aromatic carbocycles. The molecular formula is C54H54N7NaO2. The van der Waals surface area contributed by atoms with Crippen LogP contribution in [0.5, 0.6) is 0 Å². The van der Waals surface area contributed by atoms with Crippen LogP contribution in [0.25, 0.3) is 33.4 Å². The molecule has 0 bridgehead atoms. The standard InChI is InChI=1S/C54H53N7O2.Na.H/c1-5-6-26-49-55-48-32-31-43(53(4)36-44-33-34-52(2,3)61(44)63-53)35-47(48)51(62)59(49)37-38-27-29-39(30-28-38)45-24-16-17-25-46(45)50-56-57-58-60(50)54(40-18-10-7-11-19-40,41-20-12-8-13-21-41)42-22-14-9-15-23-42;;/h7-25,27-32,35,44H,5-6,26,33-34,36-37H2,1-4H3;;. The normalized spacial score (nSPS) is 18.2. The second-order valence-electron chi connectivity index (χ2n) is 18.1. The fourth-order valence-corrected chi connectivity index (χ4v) is 10.2. The van der Waals surface area contributed by atoms with Crippen LogP contribution >= 0.6 is 0 Å². The summed E-state index contributed by atoms with van der Waals surface area (Å²) in [5.74, 6) is 1.45. The first-order valence-corrected chi connectivity index (χ1v) is 22.4. The average molecular weight is 856 g/mol. The Hall–Kier alpha value is -5.55. The van der Waals surface area contributed by atoms with Gasteiger partial charge in [-0.15, -0.1) is 5.10 Å². The molecule has 0 aliphatic carbocycles. The Kier molecular flexibility index (Phi) is 12.1. The van der Waals surface area contributed by atoms with Crippen molar-refractivity contribution in [3.05, 3.63) is 202 Å². The molecule has 0 saturated carbocycles. The Labute approximate surface area is 397 Å². The zero-order valence-corrected chi connectivity index (χ0v) is 36.5. The van der Waals surface area contributed by atoms with Crippen LogP contribution in [0.2, 0.25) is 0 Å². The van der Waals surface area contributed by atoms with Crippen LogP contribution < -0.4 is 5.56 Å². The molecule has 2 aliphatic heterocycles. The fraction of sp³-hybridized carbons (Fsp3) is 0.278. The van der Waals surface area contributed by atoms with Gasteiger partial charge in [-0.1, -0.05) is 159 Å². The number of aromatic nitrogens is 6. The van der Waals surface area contributed by atoms with E-state index in [1.165, 1.54) is 0 Å². The van der Waals surface area contributed by atoms with Gasteiger partial charge in [0.05, 0.1) is 17.4 Å². The summed E-state index contributed by atoms with van der Waals surface area (Å²) < 4.78 is 3.86. The number of rotatable bonds is 12. The Morgan fingerprint density at radius 3 is 1.97 bits per heavy atom. The SMILES string of the molecule is CCCCc1nc2ccc(C3(C)CC4CCC(C)(C)N4O3)cc2c(=O)n1Cc1ccc(-c2ccccc2-c2nnnn2C(c2ccccc2)(c2ccccc2)c2ccccc2)cc1.[NaH]. The molecule has 0 N–H and O–H groups in total. The van der Waals surface area contributed by atoms with E-state index >= 15 is 0 Å². The van der Waals surface area contributed by atoms with Crippen LogP contribution in [0.15, 0.2) is 163 Å². The van der Waals surface area contributed by atoms with E-state index in [4.69, 9.17) is 20.1 Å². The third-order valence-electron chi connectivity index (χ3n) is 13.5. The zero-order chi connectivity index (χ0) is 43.2. The minimum absolute atomic E-state index is 0. The molecule has 4 heterocycles. The molecule has 0 radical (unpaired) electrons. The van der Waals surface area contributed by atoms with Gasteiger partial charge < -0.3 is 0 Å². The van der Waals surface area contributed by atoms with Crippen molar-refractivity contribution < 1.29 is 4.84 Å². The first kappa shape index (κ1) is 43.7. The van der Waals surface area contributed by atoms with E-state index in [9.17, 15) is 4.79 Å². The topological polar surface area (TPSA) is 91.0 Å². The molecule has 10 heteroatoms. The molecule has 10 rings (SSSR count). The Bertz CT molecular complexity index is 2860. The van der Waals surface area contributed by atoms with Crippen LogP contribution in [0, 0.1) is 0 Å². The Balaban J connectivity index is 0.00000518. The van der Waals surface area contributed by atoms with Gasteiger partial charge in [0.15, 0.2) is 5.82 Å². The second-order valence-corrected chi connectivity index (χ2v) is 18.1. The van der Waals surface area contributed by atoms with Crippen molar-refractivity contribution in [1.29, 1.82) is 0 Å². The summed E-state index contributed by atoms with van der Waals surface area (Å²) in [5, 5.41) is 16.8. The number of hydroxylamine groups is 2. The summed E-state index contributed by atoms with van der Waals surface area (Å²) in [5.41, 5.74) is 7.39. The monoisotopic (exact) mass is 855 g/mol. The summed E-state index contributed by atoms with van der Waals surface area (Å²) in [4.78, 5) is 26.5. The minimum atomic E-state index is -0.882. The van der Waals surface area contributed by atoms with Crippen molar-refractivity contribution in [2.75, 3.05) is 0 Å². The van der Waals surface area contributed by atoms with E-state index in [-0.39, 0.29) is 40.7 Å². The molecule has 0 amide bonds.